The number of rotatable bonds is 10. The lowest BCUT2D eigenvalue weighted by atomic mass is 10.1. The van der Waals surface area contributed by atoms with E-state index in [2.05, 4.69) is 17.1 Å². The second kappa shape index (κ2) is 11.5. The fourth-order valence-corrected chi connectivity index (χ4v) is 2.63. The molecule has 2 aromatic carbocycles. The summed E-state index contributed by atoms with van der Waals surface area (Å²) in [5.41, 5.74) is 0.422. The van der Waals surface area contributed by atoms with Crippen LogP contribution in [0.2, 0.25) is 0 Å². The number of hydrogen-bond acceptors (Lipinski definition) is 6. The molecule has 0 radical (unpaired) electrons. The van der Waals surface area contributed by atoms with E-state index in [0.29, 0.717) is 3.57 Å². The van der Waals surface area contributed by atoms with Crippen LogP contribution in [0.1, 0.15) is 15.9 Å². The van der Waals surface area contributed by atoms with Crippen molar-refractivity contribution >= 4 is 46.1 Å². The summed E-state index contributed by atoms with van der Waals surface area (Å²) in [5, 5.41) is 14.6. The third-order valence-corrected chi connectivity index (χ3v) is 4.16. The van der Waals surface area contributed by atoms with Gasteiger partial charge in [-0.1, -0.05) is 17.8 Å². The van der Waals surface area contributed by atoms with Crippen molar-refractivity contribution in [2.45, 2.75) is 0 Å². The van der Waals surface area contributed by atoms with Gasteiger partial charge in [0.1, 0.15) is 12.4 Å². The first-order chi connectivity index (χ1) is 14.4. The van der Waals surface area contributed by atoms with E-state index in [1.54, 1.807) is 6.07 Å². The lowest BCUT2D eigenvalue weighted by Crippen LogP contribution is -2.26. The number of nitrogens with one attached hydrogen (secondary N) is 2. The molecule has 0 saturated carbocycles. The molecule has 1 amide bonds. The van der Waals surface area contributed by atoms with Gasteiger partial charge < -0.3 is 15.3 Å². The molecular weight excluding hydrogens is 518 g/mol. The molecular formula is C19H17F3IN3O4. The molecule has 0 saturated heterocycles. The van der Waals surface area contributed by atoms with E-state index in [1.165, 1.54) is 18.2 Å². The van der Waals surface area contributed by atoms with E-state index in [9.17, 15) is 18.0 Å². The number of halogens is 4. The van der Waals surface area contributed by atoms with Gasteiger partial charge in [-0.3, -0.25) is 9.63 Å². The van der Waals surface area contributed by atoms with E-state index in [4.69, 9.17) is 14.8 Å². The van der Waals surface area contributed by atoms with Crippen LogP contribution in [0.4, 0.5) is 24.5 Å². The van der Waals surface area contributed by atoms with E-state index in [0.717, 1.165) is 12.3 Å². The second-order valence-electron chi connectivity index (χ2n) is 5.59. The van der Waals surface area contributed by atoms with Crippen molar-refractivity contribution in [3.8, 4) is 0 Å². The maximum absolute atomic E-state index is 14.8. The van der Waals surface area contributed by atoms with Crippen molar-refractivity contribution in [3.05, 3.63) is 69.1 Å². The molecule has 160 valence electrons. The number of anilines is 2. The first-order valence-electron chi connectivity index (χ1n) is 8.42. The molecule has 11 heteroatoms. The Morgan fingerprint density at radius 3 is 2.70 bits per heavy atom. The smallest absolute Gasteiger partial charge is 0.277 e. The van der Waals surface area contributed by atoms with Crippen LogP contribution in [0.25, 0.3) is 0 Å². The topological polar surface area (TPSA) is 92.2 Å². The van der Waals surface area contributed by atoms with Gasteiger partial charge in [0.25, 0.3) is 5.91 Å². The maximum atomic E-state index is 14.8. The Labute approximate surface area is 183 Å². The van der Waals surface area contributed by atoms with E-state index < -0.39 is 40.2 Å². The Balaban J connectivity index is 2.48. The van der Waals surface area contributed by atoms with Crippen molar-refractivity contribution in [1.29, 1.82) is 0 Å². The first-order valence-corrected chi connectivity index (χ1v) is 9.50. The molecule has 3 N–H and O–H groups in total. The summed E-state index contributed by atoms with van der Waals surface area (Å²) in [6.07, 6.45) is 2.27. The molecule has 0 aliphatic heterocycles. The molecule has 7 nitrogen and oxygen atoms in total. The Morgan fingerprint density at radius 1 is 1.27 bits per heavy atom. The largest absolute Gasteiger partial charge is 0.394 e. The van der Waals surface area contributed by atoms with E-state index in [1.807, 2.05) is 28.1 Å². The highest BCUT2D eigenvalue weighted by Gasteiger charge is 2.23. The standard InChI is InChI=1S/C19H17F3IN3O4/c1-2-6-29-24-10-11-8-13(19(28)26-30-7-5-27)18(17(22)16(11)21)25-15-4-3-12(23)9-14(15)20/h2-4,8-10,25,27H,1,5-7H2,(H,26,28). The number of hydroxylamine groups is 1. The van der Waals surface area contributed by atoms with Crippen molar-refractivity contribution in [2.75, 3.05) is 25.1 Å². The minimum Gasteiger partial charge on any atom is -0.394 e. The molecule has 0 fully saturated rings. The average Bonchev–Trinajstić information content (AvgIpc) is 2.72. The molecule has 0 aromatic heterocycles. The van der Waals surface area contributed by atoms with Gasteiger partial charge in [-0.2, -0.15) is 0 Å². The number of hydrogen-bond donors (Lipinski definition) is 3. The highest BCUT2D eigenvalue weighted by molar-refractivity contribution is 14.1. The molecule has 0 atom stereocenters. The number of carbonyl (C=O) groups excluding carboxylic acids is 1. The predicted octanol–water partition coefficient (Wildman–Crippen LogP) is 3.64. The van der Waals surface area contributed by atoms with Crippen LogP contribution < -0.4 is 10.8 Å². The van der Waals surface area contributed by atoms with Crippen LogP contribution in [0, 0.1) is 21.0 Å². The van der Waals surface area contributed by atoms with Crippen LogP contribution in [0.15, 0.2) is 42.1 Å². The summed E-state index contributed by atoms with van der Waals surface area (Å²) in [6, 6.07) is 5.03. The second-order valence-corrected chi connectivity index (χ2v) is 6.83. The lowest BCUT2D eigenvalue weighted by molar-refractivity contribution is 0.0168. The Hall–Kier alpha value is -2.64. The molecule has 30 heavy (non-hydrogen) atoms. The molecule has 2 aromatic rings. The summed E-state index contributed by atoms with van der Waals surface area (Å²) in [6.45, 7) is 2.85. The van der Waals surface area contributed by atoms with Gasteiger partial charge in [0, 0.05) is 9.13 Å². The van der Waals surface area contributed by atoms with Gasteiger partial charge in [-0.15, -0.1) is 0 Å². The molecule has 0 heterocycles. The van der Waals surface area contributed by atoms with Crippen molar-refractivity contribution in [1.82, 2.24) is 5.48 Å². The van der Waals surface area contributed by atoms with Crippen molar-refractivity contribution in [3.63, 3.8) is 0 Å². The number of amides is 1. The van der Waals surface area contributed by atoms with Crippen LogP contribution >= 0.6 is 22.6 Å². The third kappa shape index (κ3) is 6.18. The minimum absolute atomic E-state index is 0.0364. The number of benzene rings is 2. The fourth-order valence-electron chi connectivity index (χ4n) is 2.17. The number of nitrogens with zero attached hydrogens (tertiary/aromatic N) is 1. The Kier molecular flexibility index (Phi) is 9.08. The quantitative estimate of drug-likeness (QED) is 0.142. The third-order valence-electron chi connectivity index (χ3n) is 3.49. The van der Waals surface area contributed by atoms with Crippen LogP contribution in [-0.4, -0.2) is 37.0 Å². The lowest BCUT2D eigenvalue weighted by Gasteiger charge is -2.15. The zero-order valence-corrected chi connectivity index (χ0v) is 17.6. The zero-order valence-electron chi connectivity index (χ0n) is 15.4. The summed E-state index contributed by atoms with van der Waals surface area (Å²) in [7, 11) is 0. The highest BCUT2D eigenvalue weighted by atomic mass is 127. The fraction of sp³-hybridized carbons (Fsp3) is 0.158. The van der Waals surface area contributed by atoms with Crippen molar-refractivity contribution in [2.24, 2.45) is 5.16 Å². The van der Waals surface area contributed by atoms with Gasteiger partial charge in [0.2, 0.25) is 0 Å². The molecule has 0 aliphatic rings. The number of carbonyl (C=O) groups is 1. The summed E-state index contributed by atoms with van der Waals surface area (Å²) in [5.74, 6) is -4.46. The van der Waals surface area contributed by atoms with E-state index >= 15 is 0 Å². The Morgan fingerprint density at radius 2 is 2.03 bits per heavy atom. The maximum Gasteiger partial charge on any atom is 0.277 e. The normalized spacial score (nSPS) is 10.8. The van der Waals surface area contributed by atoms with Gasteiger partial charge in [0.05, 0.1) is 36.4 Å². The highest BCUT2D eigenvalue weighted by Crippen LogP contribution is 2.30. The average molecular weight is 535 g/mol. The van der Waals surface area contributed by atoms with E-state index in [-0.39, 0.29) is 25.5 Å². The number of aliphatic hydroxyl groups excluding tert-OH is 1. The van der Waals surface area contributed by atoms with Gasteiger partial charge in [-0.05, 0) is 46.9 Å². The van der Waals surface area contributed by atoms with Crippen LogP contribution in [0.5, 0.6) is 0 Å². The van der Waals surface area contributed by atoms with Gasteiger partial charge in [-0.25, -0.2) is 18.7 Å². The molecule has 0 spiro atoms. The summed E-state index contributed by atoms with van der Waals surface area (Å²) < 4.78 is 44.1. The predicted molar refractivity (Wildman–Crippen MR) is 113 cm³/mol. The number of oxime groups is 1. The molecule has 0 bridgehead atoms. The minimum atomic E-state index is -1.44. The van der Waals surface area contributed by atoms with Crippen LogP contribution in [-0.2, 0) is 9.68 Å². The molecule has 2 rings (SSSR count). The summed E-state index contributed by atoms with van der Waals surface area (Å²) in [4.78, 5) is 21.9. The van der Waals surface area contributed by atoms with Crippen molar-refractivity contribution < 1.29 is 32.7 Å². The van der Waals surface area contributed by atoms with Gasteiger partial charge >= 0.3 is 0 Å². The van der Waals surface area contributed by atoms with Crippen LogP contribution in [0.3, 0.4) is 0 Å². The molecule has 0 unspecified atom stereocenters. The summed E-state index contributed by atoms with van der Waals surface area (Å²) >= 11 is 1.89. The number of aliphatic hydroxyl groups is 1. The Bertz CT molecular complexity index is 957. The first kappa shape index (κ1) is 23.6. The molecule has 0 aliphatic carbocycles. The van der Waals surface area contributed by atoms with Gasteiger partial charge in [0.15, 0.2) is 11.6 Å². The monoisotopic (exact) mass is 535 g/mol. The zero-order chi connectivity index (χ0) is 22.1. The SMILES string of the molecule is C=CCON=Cc1cc(C(=O)NOCCO)c(Nc2ccc(I)cc2F)c(F)c1F.